The Labute approximate surface area is 196 Å². The van der Waals surface area contributed by atoms with Gasteiger partial charge in [-0.25, -0.2) is 4.98 Å². The summed E-state index contributed by atoms with van der Waals surface area (Å²) in [5.74, 6) is 1.22. The first kappa shape index (κ1) is 22.8. The van der Waals surface area contributed by atoms with Gasteiger partial charge in [-0.05, 0) is 51.3 Å². The molecule has 0 unspecified atom stereocenters. The summed E-state index contributed by atoms with van der Waals surface area (Å²) in [4.78, 5) is 24.1. The molecule has 1 N–H and O–H groups in total. The Morgan fingerprint density at radius 3 is 2.24 bits per heavy atom. The zero-order valence-corrected chi connectivity index (χ0v) is 20.1. The molecule has 1 aromatic heterocycles. The number of aromatic nitrogens is 2. The van der Waals surface area contributed by atoms with E-state index in [-0.39, 0.29) is 11.5 Å². The van der Waals surface area contributed by atoms with Crippen molar-refractivity contribution in [2.24, 2.45) is 0 Å². The minimum absolute atomic E-state index is 0.0911. The number of hydrogen-bond donors (Lipinski definition) is 1. The van der Waals surface area contributed by atoms with Gasteiger partial charge in [-0.15, -0.1) is 0 Å². The second-order valence-corrected chi connectivity index (χ2v) is 9.66. The highest BCUT2D eigenvalue weighted by Crippen LogP contribution is 2.45. The summed E-state index contributed by atoms with van der Waals surface area (Å²) in [6.45, 7) is 6.46. The van der Waals surface area contributed by atoms with E-state index in [1.165, 1.54) is 7.11 Å². The van der Waals surface area contributed by atoms with Crippen molar-refractivity contribution in [2.45, 2.75) is 51.0 Å². The van der Waals surface area contributed by atoms with Crippen molar-refractivity contribution in [3.8, 4) is 11.3 Å². The number of carbonyl (C=O) groups excluding carboxylic acids is 1. The number of anilines is 3. The molecular formula is C27H32N4O2. The molecule has 3 aromatic rings. The number of nitrogens with one attached hydrogen (secondary N) is 1. The average Bonchev–Trinajstić information content (AvgIpc) is 2.78. The van der Waals surface area contributed by atoms with Gasteiger partial charge in [0.2, 0.25) is 5.95 Å². The zero-order valence-electron chi connectivity index (χ0n) is 20.1. The summed E-state index contributed by atoms with van der Waals surface area (Å²) in [5.41, 5.74) is 3.17. The zero-order chi connectivity index (χ0) is 23.6. The highest BCUT2D eigenvalue weighted by molar-refractivity contribution is 5.84. The molecule has 0 saturated heterocycles. The van der Waals surface area contributed by atoms with E-state index in [9.17, 15) is 4.79 Å². The van der Waals surface area contributed by atoms with Gasteiger partial charge < -0.3 is 15.0 Å². The van der Waals surface area contributed by atoms with Crippen molar-refractivity contribution in [3.63, 3.8) is 0 Å². The third-order valence-electron chi connectivity index (χ3n) is 6.61. The molecule has 1 heterocycles. The second-order valence-electron chi connectivity index (χ2n) is 9.66. The molecule has 0 aliphatic heterocycles. The first-order valence-electron chi connectivity index (χ1n) is 11.4. The minimum atomic E-state index is -0.500. The van der Waals surface area contributed by atoms with Crippen LogP contribution in [-0.4, -0.2) is 35.6 Å². The quantitative estimate of drug-likeness (QED) is 0.491. The lowest BCUT2D eigenvalue weighted by atomic mass is 9.64. The molecule has 172 valence electrons. The van der Waals surface area contributed by atoms with Crippen LogP contribution in [0, 0.1) is 0 Å². The van der Waals surface area contributed by atoms with Crippen LogP contribution in [0.15, 0.2) is 60.7 Å². The molecule has 0 bridgehead atoms. The first-order chi connectivity index (χ1) is 15.7. The van der Waals surface area contributed by atoms with E-state index in [2.05, 4.69) is 31.0 Å². The SMILES string of the molecule is COC(=O)C1(c2ccc(Nc3nc(-c4ccccc4)cc(N(C)C(C)(C)C)n3)cc2)CCC1. The van der Waals surface area contributed by atoms with Crippen LogP contribution in [0.3, 0.4) is 0 Å². The molecule has 1 aliphatic carbocycles. The lowest BCUT2D eigenvalue weighted by Gasteiger charge is -2.39. The van der Waals surface area contributed by atoms with E-state index in [0.29, 0.717) is 5.95 Å². The van der Waals surface area contributed by atoms with Crippen LogP contribution in [0.1, 0.15) is 45.6 Å². The van der Waals surface area contributed by atoms with Crippen molar-refractivity contribution in [1.82, 2.24) is 9.97 Å². The van der Waals surface area contributed by atoms with Crippen LogP contribution < -0.4 is 10.2 Å². The van der Waals surface area contributed by atoms with Crippen molar-refractivity contribution < 1.29 is 9.53 Å². The molecule has 6 heteroatoms. The number of ether oxygens (including phenoxy) is 1. The molecule has 1 saturated carbocycles. The predicted octanol–water partition coefficient (Wildman–Crippen LogP) is 5.72. The maximum absolute atomic E-state index is 12.4. The molecular weight excluding hydrogens is 412 g/mol. The summed E-state index contributed by atoms with van der Waals surface area (Å²) in [6.07, 6.45) is 2.70. The molecule has 0 spiro atoms. The summed E-state index contributed by atoms with van der Waals surface area (Å²) in [5, 5.41) is 3.35. The summed E-state index contributed by atoms with van der Waals surface area (Å²) in [7, 11) is 3.50. The van der Waals surface area contributed by atoms with Gasteiger partial charge in [0.05, 0.1) is 18.2 Å². The van der Waals surface area contributed by atoms with Gasteiger partial charge >= 0.3 is 5.97 Å². The number of esters is 1. The van der Waals surface area contributed by atoms with Crippen LogP contribution in [0.4, 0.5) is 17.5 Å². The van der Waals surface area contributed by atoms with Crippen molar-refractivity contribution in [2.75, 3.05) is 24.4 Å². The van der Waals surface area contributed by atoms with E-state index in [4.69, 9.17) is 14.7 Å². The smallest absolute Gasteiger partial charge is 0.316 e. The lowest BCUT2D eigenvalue weighted by Crippen LogP contribution is -2.43. The maximum atomic E-state index is 12.4. The van der Waals surface area contributed by atoms with Crippen molar-refractivity contribution in [1.29, 1.82) is 0 Å². The fourth-order valence-corrected chi connectivity index (χ4v) is 4.10. The number of methoxy groups -OCH3 is 1. The van der Waals surface area contributed by atoms with Gasteiger partial charge in [-0.2, -0.15) is 4.98 Å². The second kappa shape index (κ2) is 8.85. The molecule has 0 radical (unpaired) electrons. The summed E-state index contributed by atoms with van der Waals surface area (Å²) in [6, 6.07) is 20.1. The third kappa shape index (κ3) is 4.56. The Balaban J connectivity index is 1.65. The van der Waals surface area contributed by atoms with Crippen LogP contribution in [0.25, 0.3) is 11.3 Å². The van der Waals surface area contributed by atoms with Gasteiger partial charge in [0.1, 0.15) is 5.82 Å². The van der Waals surface area contributed by atoms with Gasteiger partial charge in [0.25, 0.3) is 0 Å². The standard InChI is InChI=1S/C27H32N4O2/c1-26(2,3)31(4)23-18-22(19-10-7-6-8-11-19)29-25(30-23)28-21-14-12-20(13-15-21)27(16-9-17-27)24(32)33-5/h6-8,10-15,18H,9,16-17H2,1-5H3,(H,28,29,30). The Hall–Kier alpha value is -3.41. The number of benzene rings is 2. The topological polar surface area (TPSA) is 67.3 Å². The van der Waals surface area contributed by atoms with Crippen LogP contribution in [0.5, 0.6) is 0 Å². The molecule has 6 nitrogen and oxygen atoms in total. The van der Waals surface area contributed by atoms with E-state index in [1.807, 2.05) is 67.7 Å². The number of nitrogens with zero attached hydrogens (tertiary/aromatic N) is 3. The van der Waals surface area contributed by atoms with Crippen LogP contribution in [0.2, 0.25) is 0 Å². The third-order valence-corrected chi connectivity index (χ3v) is 6.61. The fourth-order valence-electron chi connectivity index (χ4n) is 4.10. The van der Waals surface area contributed by atoms with Gasteiger partial charge in [-0.3, -0.25) is 4.79 Å². The van der Waals surface area contributed by atoms with Crippen molar-refractivity contribution in [3.05, 3.63) is 66.2 Å². The monoisotopic (exact) mass is 444 g/mol. The number of hydrogen-bond acceptors (Lipinski definition) is 6. The maximum Gasteiger partial charge on any atom is 0.316 e. The largest absolute Gasteiger partial charge is 0.468 e. The Bertz CT molecular complexity index is 1120. The highest BCUT2D eigenvalue weighted by atomic mass is 16.5. The fraction of sp³-hybridized carbons (Fsp3) is 0.370. The molecule has 1 fully saturated rings. The number of carbonyl (C=O) groups is 1. The van der Waals surface area contributed by atoms with Crippen LogP contribution >= 0.6 is 0 Å². The first-order valence-corrected chi connectivity index (χ1v) is 11.4. The Kier molecular flexibility index (Phi) is 6.11. The predicted molar refractivity (Wildman–Crippen MR) is 133 cm³/mol. The molecule has 0 atom stereocenters. The lowest BCUT2D eigenvalue weighted by molar-refractivity contribution is -0.151. The molecule has 33 heavy (non-hydrogen) atoms. The Morgan fingerprint density at radius 2 is 1.70 bits per heavy atom. The van der Waals surface area contributed by atoms with Gasteiger partial charge in [0, 0.05) is 29.9 Å². The van der Waals surface area contributed by atoms with Crippen LogP contribution in [-0.2, 0) is 14.9 Å². The van der Waals surface area contributed by atoms with Gasteiger partial charge in [0.15, 0.2) is 0 Å². The van der Waals surface area contributed by atoms with Gasteiger partial charge in [-0.1, -0.05) is 48.9 Å². The van der Waals surface area contributed by atoms with E-state index >= 15 is 0 Å². The van der Waals surface area contributed by atoms with E-state index in [0.717, 1.165) is 47.6 Å². The minimum Gasteiger partial charge on any atom is -0.468 e. The summed E-state index contributed by atoms with van der Waals surface area (Å²) >= 11 is 0. The number of rotatable bonds is 6. The summed E-state index contributed by atoms with van der Waals surface area (Å²) < 4.78 is 5.08. The Morgan fingerprint density at radius 1 is 1.03 bits per heavy atom. The molecule has 2 aromatic carbocycles. The van der Waals surface area contributed by atoms with Crippen molar-refractivity contribution >= 4 is 23.4 Å². The normalized spacial score (nSPS) is 14.8. The molecule has 4 rings (SSSR count). The highest BCUT2D eigenvalue weighted by Gasteiger charge is 2.46. The van der Waals surface area contributed by atoms with E-state index in [1.54, 1.807) is 0 Å². The van der Waals surface area contributed by atoms with E-state index < -0.39 is 5.41 Å². The molecule has 1 aliphatic rings. The average molecular weight is 445 g/mol. The molecule has 0 amide bonds.